The normalized spacial score (nSPS) is 41.3. The third kappa shape index (κ3) is 1.23. The number of aliphatic imine (C=N–C) groups is 1. The van der Waals surface area contributed by atoms with E-state index in [0.29, 0.717) is 5.41 Å². The molecule has 1 heteroatoms. The molecule has 58 valence electrons. The van der Waals surface area contributed by atoms with E-state index >= 15 is 0 Å². The van der Waals surface area contributed by atoms with Gasteiger partial charge >= 0.3 is 0 Å². The van der Waals surface area contributed by atoms with Gasteiger partial charge in [-0.3, -0.25) is 4.99 Å². The molecule has 0 saturated heterocycles. The lowest BCUT2D eigenvalue weighted by Crippen LogP contribution is -2.06. The molecule has 0 radical (unpaired) electrons. The fourth-order valence-corrected chi connectivity index (χ4v) is 1.51. The molecule has 10 heavy (non-hydrogen) atoms. The van der Waals surface area contributed by atoms with Crippen LogP contribution in [0.4, 0.5) is 0 Å². The number of hydrogen-bond donors (Lipinski definition) is 0. The second-order valence-corrected chi connectivity index (χ2v) is 3.31. The van der Waals surface area contributed by atoms with E-state index < -0.39 is 0 Å². The Morgan fingerprint density at radius 1 is 1.50 bits per heavy atom. The van der Waals surface area contributed by atoms with E-state index in [1.54, 1.807) is 0 Å². The van der Waals surface area contributed by atoms with Gasteiger partial charge < -0.3 is 0 Å². The molecular weight excluding hydrogens is 122 g/mol. The molecule has 1 aliphatic carbocycles. The highest BCUT2D eigenvalue weighted by Gasteiger charge is 2.49. The van der Waals surface area contributed by atoms with Crippen molar-refractivity contribution in [2.45, 2.75) is 33.6 Å². The summed E-state index contributed by atoms with van der Waals surface area (Å²) < 4.78 is 0. The molecule has 1 heterocycles. The molecule has 0 amide bonds. The predicted octanol–water partition coefficient (Wildman–Crippen LogP) is 2.51. The van der Waals surface area contributed by atoms with Crippen molar-refractivity contribution in [2.75, 3.05) is 6.54 Å². The topological polar surface area (TPSA) is 12.4 Å². The van der Waals surface area contributed by atoms with E-state index in [0.717, 1.165) is 12.5 Å². The Labute approximate surface area is 63.5 Å². The molecule has 2 aliphatic rings. The lowest BCUT2D eigenvalue weighted by atomic mass is 10.0. The Bertz CT molecular complexity index is 140. The average molecular weight is 139 g/mol. The molecule has 0 N–H and O–H groups in total. The second kappa shape index (κ2) is 2.73. The maximum absolute atomic E-state index is 4.22. The summed E-state index contributed by atoms with van der Waals surface area (Å²) in [4.78, 5) is 4.22. The Morgan fingerprint density at radius 3 is 2.60 bits per heavy atom. The molecule has 2 rings (SSSR count). The van der Waals surface area contributed by atoms with Crippen LogP contribution < -0.4 is 0 Å². The Kier molecular flexibility index (Phi) is 2.12. The fourth-order valence-electron chi connectivity index (χ4n) is 1.51. The molecule has 2 unspecified atom stereocenters. The highest BCUT2D eigenvalue weighted by Crippen LogP contribution is 2.55. The van der Waals surface area contributed by atoms with Crippen molar-refractivity contribution < 1.29 is 0 Å². The van der Waals surface area contributed by atoms with Crippen LogP contribution in [0.3, 0.4) is 0 Å². The molecule has 0 aromatic carbocycles. The van der Waals surface area contributed by atoms with Crippen molar-refractivity contribution in [3.8, 4) is 0 Å². The standard InChI is InChI=1S/C7H11N.C2H6/c1-7-2-3-8-5-6(7)4-7;1-2/h3,6H,2,4-5H2,1H3;1-2H3. The van der Waals surface area contributed by atoms with Crippen LogP contribution in [0.1, 0.15) is 33.6 Å². The van der Waals surface area contributed by atoms with Crippen LogP contribution >= 0.6 is 0 Å². The predicted molar refractivity (Wildman–Crippen MR) is 45.5 cm³/mol. The molecule has 0 aromatic rings. The van der Waals surface area contributed by atoms with Crippen LogP contribution in [0.15, 0.2) is 4.99 Å². The summed E-state index contributed by atoms with van der Waals surface area (Å²) in [6.07, 6.45) is 4.74. The van der Waals surface area contributed by atoms with E-state index in [2.05, 4.69) is 18.1 Å². The summed E-state index contributed by atoms with van der Waals surface area (Å²) >= 11 is 0. The van der Waals surface area contributed by atoms with Crippen molar-refractivity contribution in [2.24, 2.45) is 16.3 Å². The summed E-state index contributed by atoms with van der Waals surface area (Å²) in [5.74, 6) is 0.951. The van der Waals surface area contributed by atoms with E-state index in [1.807, 2.05) is 13.8 Å². The summed E-state index contributed by atoms with van der Waals surface area (Å²) in [6.45, 7) is 7.47. The molecule has 1 nitrogen and oxygen atoms in total. The Balaban J connectivity index is 0.000000231. The number of nitrogens with zero attached hydrogens (tertiary/aromatic N) is 1. The maximum atomic E-state index is 4.22. The Hall–Kier alpha value is -0.330. The molecule has 0 aromatic heterocycles. The second-order valence-electron chi connectivity index (χ2n) is 3.31. The highest BCUT2D eigenvalue weighted by molar-refractivity contribution is 5.60. The minimum atomic E-state index is 0.696. The average Bonchev–Trinajstić information content (AvgIpc) is 2.64. The van der Waals surface area contributed by atoms with Crippen molar-refractivity contribution >= 4 is 6.21 Å². The quantitative estimate of drug-likeness (QED) is 0.489. The highest BCUT2D eigenvalue weighted by atomic mass is 14.8. The van der Waals surface area contributed by atoms with Gasteiger partial charge in [-0.2, -0.15) is 0 Å². The molecule has 1 aliphatic heterocycles. The van der Waals surface area contributed by atoms with Crippen molar-refractivity contribution in [3.05, 3.63) is 0 Å². The van der Waals surface area contributed by atoms with Crippen LogP contribution in [-0.2, 0) is 0 Å². The lowest BCUT2D eigenvalue weighted by Gasteiger charge is -2.09. The molecule has 0 bridgehead atoms. The maximum Gasteiger partial charge on any atom is 0.0419 e. The number of fused-ring (bicyclic) bond motifs is 1. The van der Waals surface area contributed by atoms with Gasteiger partial charge in [0.2, 0.25) is 0 Å². The van der Waals surface area contributed by atoms with Gasteiger partial charge in [0.25, 0.3) is 0 Å². The van der Waals surface area contributed by atoms with Gasteiger partial charge in [-0.25, -0.2) is 0 Å². The first kappa shape index (κ1) is 7.77. The van der Waals surface area contributed by atoms with Crippen LogP contribution in [0.25, 0.3) is 0 Å². The first-order valence-corrected chi connectivity index (χ1v) is 4.29. The Morgan fingerprint density at radius 2 is 2.20 bits per heavy atom. The summed E-state index contributed by atoms with van der Waals surface area (Å²) in [5.41, 5.74) is 0.696. The van der Waals surface area contributed by atoms with Crippen LogP contribution in [-0.4, -0.2) is 12.8 Å². The zero-order chi connectivity index (χ0) is 7.61. The van der Waals surface area contributed by atoms with Crippen molar-refractivity contribution in [3.63, 3.8) is 0 Å². The number of rotatable bonds is 0. The van der Waals surface area contributed by atoms with Crippen LogP contribution in [0, 0.1) is 11.3 Å². The molecular formula is C9H17N. The van der Waals surface area contributed by atoms with E-state index in [4.69, 9.17) is 0 Å². The van der Waals surface area contributed by atoms with Gasteiger partial charge in [-0.1, -0.05) is 20.8 Å². The minimum absolute atomic E-state index is 0.696. The summed E-state index contributed by atoms with van der Waals surface area (Å²) in [5, 5.41) is 0. The third-order valence-corrected chi connectivity index (χ3v) is 2.55. The SMILES string of the molecule is CC.CC12CC=NCC1C2. The zero-order valence-electron chi connectivity index (χ0n) is 7.22. The van der Waals surface area contributed by atoms with Gasteiger partial charge in [-0.05, 0) is 30.4 Å². The summed E-state index contributed by atoms with van der Waals surface area (Å²) in [7, 11) is 0. The van der Waals surface area contributed by atoms with Crippen molar-refractivity contribution in [1.82, 2.24) is 0 Å². The first-order chi connectivity index (χ1) is 4.81. The van der Waals surface area contributed by atoms with Crippen LogP contribution in [0.2, 0.25) is 0 Å². The minimum Gasteiger partial charge on any atom is -0.297 e. The zero-order valence-corrected chi connectivity index (χ0v) is 7.22. The lowest BCUT2D eigenvalue weighted by molar-refractivity contribution is 0.517. The van der Waals surface area contributed by atoms with Crippen molar-refractivity contribution in [1.29, 1.82) is 0 Å². The molecule has 0 spiro atoms. The molecule has 1 fully saturated rings. The fraction of sp³-hybridized carbons (Fsp3) is 0.889. The van der Waals surface area contributed by atoms with Gasteiger partial charge in [0.05, 0.1) is 0 Å². The summed E-state index contributed by atoms with van der Waals surface area (Å²) in [6, 6.07) is 0. The van der Waals surface area contributed by atoms with Gasteiger partial charge in [-0.15, -0.1) is 0 Å². The molecule has 1 saturated carbocycles. The van der Waals surface area contributed by atoms with E-state index in [1.165, 1.54) is 12.8 Å². The third-order valence-electron chi connectivity index (χ3n) is 2.55. The first-order valence-electron chi connectivity index (χ1n) is 4.29. The molecule has 2 atom stereocenters. The largest absolute Gasteiger partial charge is 0.297 e. The monoisotopic (exact) mass is 139 g/mol. The van der Waals surface area contributed by atoms with E-state index in [-0.39, 0.29) is 0 Å². The smallest absolute Gasteiger partial charge is 0.0419 e. The van der Waals surface area contributed by atoms with Gasteiger partial charge in [0.15, 0.2) is 0 Å². The van der Waals surface area contributed by atoms with Gasteiger partial charge in [0, 0.05) is 6.54 Å². The van der Waals surface area contributed by atoms with Crippen LogP contribution in [0.5, 0.6) is 0 Å². The number of hydrogen-bond acceptors (Lipinski definition) is 1. The van der Waals surface area contributed by atoms with Gasteiger partial charge in [0.1, 0.15) is 0 Å². The van der Waals surface area contributed by atoms with E-state index in [9.17, 15) is 0 Å².